The van der Waals surface area contributed by atoms with Gasteiger partial charge in [0.15, 0.2) is 0 Å². The average molecular weight is 550 g/mol. The Morgan fingerprint density at radius 3 is 2.05 bits per heavy atom. The van der Waals surface area contributed by atoms with Gasteiger partial charge in [-0.2, -0.15) is 0 Å². The highest BCUT2D eigenvalue weighted by atomic mass is 35.5. The van der Waals surface area contributed by atoms with Gasteiger partial charge in [0.25, 0.3) is 0 Å². The van der Waals surface area contributed by atoms with E-state index in [2.05, 4.69) is 17.0 Å². The molecule has 37 heavy (non-hydrogen) atoms. The molecule has 9 heteroatoms. The standard InChI is InChI=1S/C28H39N3O4S.ClH/c1-36(33,34)31(20-15-22-5-3-2-4-6-22)25-9-13-27(14-10-25)35-26-11-7-23(8-12-26)21-30-18-16-24(17-19-30)28(29)32;/h7-14,22,24H,2-6,15-21H2,1H3,(H2,29,32);1H. The number of piperidine rings is 1. The van der Waals surface area contributed by atoms with Crippen LogP contribution >= 0.6 is 12.4 Å². The lowest BCUT2D eigenvalue weighted by atomic mass is 9.87. The Labute approximate surface area is 227 Å². The minimum absolute atomic E-state index is 0. The number of nitrogens with two attached hydrogens (primary N) is 1. The number of carbonyl (C=O) groups excluding carboxylic acids is 1. The van der Waals surface area contributed by atoms with Gasteiger partial charge >= 0.3 is 0 Å². The Hall–Kier alpha value is -2.29. The molecule has 204 valence electrons. The third-order valence-corrected chi connectivity index (χ3v) is 8.74. The van der Waals surface area contributed by atoms with Crippen LogP contribution in [0, 0.1) is 11.8 Å². The number of hydrogen-bond acceptors (Lipinski definition) is 5. The number of nitrogens with zero attached hydrogens (tertiary/aromatic N) is 2. The number of ether oxygens (including phenoxy) is 1. The number of amides is 1. The van der Waals surface area contributed by atoms with Crippen LogP contribution < -0.4 is 14.8 Å². The Morgan fingerprint density at radius 2 is 1.51 bits per heavy atom. The van der Waals surface area contributed by atoms with Crippen molar-refractivity contribution in [3.8, 4) is 11.5 Å². The molecule has 1 heterocycles. The van der Waals surface area contributed by atoms with Gasteiger partial charge in [0.1, 0.15) is 11.5 Å². The molecule has 1 aliphatic heterocycles. The first-order valence-corrected chi connectivity index (χ1v) is 15.0. The second-order valence-electron chi connectivity index (χ2n) is 10.3. The van der Waals surface area contributed by atoms with Crippen LogP contribution in [0.15, 0.2) is 48.5 Å². The van der Waals surface area contributed by atoms with Gasteiger partial charge in [0.05, 0.1) is 11.9 Å². The molecule has 0 radical (unpaired) electrons. The van der Waals surface area contributed by atoms with Crippen molar-refractivity contribution in [2.24, 2.45) is 17.6 Å². The van der Waals surface area contributed by atoms with Gasteiger partial charge in [-0.15, -0.1) is 12.4 Å². The van der Waals surface area contributed by atoms with Gasteiger partial charge in [-0.25, -0.2) is 8.42 Å². The molecule has 4 rings (SSSR count). The monoisotopic (exact) mass is 549 g/mol. The van der Waals surface area contributed by atoms with E-state index >= 15 is 0 Å². The van der Waals surface area contributed by atoms with E-state index in [0.29, 0.717) is 23.9 Å². The molecule has 0 spiro atoms. The molecule has 1 amide bonds. The largest absolute Gasteiger partial charge is 0.457 e. The van der Waals surface area contributed by atoms with Crippen molar-refractivity contribution < 1.29 is 17.9 Å². The molecule has 2 aliphatic rings. The zero-order valence-corrected chi connectivity index (χ0v) is 23.3. The van der Waals surface area contributed by atoms with Crippen molar-refractivity contribution in [2.45, 2.75) is 57.9 Å². The number of carbonyl (C=O) groups is 1. The van der Waals surface area contributed by atoms with Crippen LogP contribution in [0.2, 0.25) is 0 Å². The molecule has 0 atom stereocenters. The Morgan fingerprint density at radius 1 is 0.946 bits per heavy atom. The first-order valence-electron chi connectivity index (χ1n) is 13.1. The van der Waals surface area contributed by atoms with E-state index in [1.165, 1.54) is 48.2 Å². The van der Waals surface area contributed by atoms with Gasteiger partial charge in [0.2, 0.25) is 15.9 Å². The highest BCUT2D eigenvalue weighted by molar-refractivity contribution is 7.92. The van der Waals surface area contributed by atoms with Crippen molar-refractivity contribution in [1.29, 1.82) is 0 Å². The summed E-state index contributed by atoms with van der Waals surface area (Å²) in [5.74, 6) is 1.84. The molecule has 0 aromatic heterocycles. The smallest absolute Gasteiger partial charge is 0.232 e. The Bertz CT molecular complexity index is 1100. The normalized spacial score (nSPS) is 17.6. The van der Waals surface area contributed by atoms with Crippen LogP contribution in [0.3, 0.4) is 0 Å². The SMILES string of the molecule is CS(=O)(=O)N(CCC1CCCCC1)c1ccc(Oc2ccc(CN3CCC(C(N)=O)CC3)cc2)cc1.Cl. The van der Waals surface area contributed by atoms with E-state index in [-0.39, 0.29) is 24.2 Å². The predicted molar refractivity (Wildman–Crippen MR) is 151 cm³/mol. The van der Waals surface area contributed by atoms with Crippen LogP contribution in [-0.4, -0.2) is 45.1 Å². The molecule has 0 bridgehead atoms. The summed E-state index contributed by atoms with van der Waals surface area (Å²) in [6.07, 6.45) is 10.0. The highest BCUT2D eigenvalue weighted by Gasteiger charge is 2.23. The first kappa shape index (κ1) is 29.3. The van der Waals surface area contributed by atoms with E-state index in [0.717, 1.165) is 44.6 Å². The zero-order valence-electron chi connectivity index (χ0n) is 21.7. The lowest BCUT2D eigenvalue weighted by molar-refractivity contribution is -0.123. The third kappa shape index (κ3) is 8.62. The van der Waals surface area contributed by atoms with Gasteiger partial charge in [-0.05, 0) is 80.2 Å². The van der Waals surface area contributed by atoms with Crippen LogP contribution in [0.4, 0.5) is 5.69 Å². The Balaban J connectivity index is 0.00000380. The number of halogens is 1. The number of sulfonamides is 1. The summed E-state index contributed by atoms with van der Waals surface area (Å²) in [6, 6.07) is 15.3. The lowest BCUT2D eigenvalue weighted by Gasteiger charge is -2.30. The van der Waals surface area contributed by atoms with Crippen LogP contribution in [0.25, 0.3) is 0 Å². The van der Waals surface area contributed by atoms with Crippen LogP contribution in [0.1, 0.15) is 56.9 Å². The molecule has 7 nitrogen and oxygen atoms in total. The summed E-state index contributed by atoms with van der Waals surface area (Å²) in [5, 5.41) is 0. The molecular weight excluding hydrogens is 510 g/mol. The first-order chi connectivity index (χ1) is 17.3. The van der Waals surface area contributed by atoms with Gasteiger partial charge < -0.3 is 10.5 Å². The molecule has 1 saturated heterocycles. The van der Waals surface area contributed by atoms with Crippen molar-refractivity contribution >= 4 is 34.0 Å². The topological polar surface area (TPSA) is 92.9 Å². The predicted octanol–water partition coefficient (Wildman–Crippen LogP) is 5.33. The van der Waals surface area contributed by atoms with Crippen molar-refractivity contribution in [3.63, 3.8) is 0 Å². The van der Waals surface area contributed by atoms with Crippen molar-refractivity contribution in [3.05, 3.63) is 54.1 Å². The number of likely N-dealkylation sites (tertiary alicyclic amines) is 1. The Kier molecular flexibility index (Phi) is 10.7. The van der Waals surface area contributed by atoms with Crippen LogP contribution in [0.5, 0.6) is 11.5 Å². The van der Waals surface area contributed by atoms with Crippen LogP contribution in [-0.2, 0) is 21.4 Å². The number of hydrogen-bond donors (Lipinski definition) is 1. The van der Waals surface area contributed by atoms with E-state index in [1.54, 1.807) is 0 Å². The summed E-state index contributed by atoms with van der Waals surface area (Å²) in [5.41, 5.74) is 7.30. The van der Waals surface area contributed by atoms with E-state index in [1.807, 2.05) is 36.4 Å². The quantitative estimate of drug-likeness (QED) is 0.432. The summed E-state index contributed by atoms with van der Waals surface area (Å²) < 4.78 is 32.5. The zero-order chi connectivity index (χ0) is 25.5. The number of benzene rings is 2. The number of primary amides is 1. The summed E-state index contributed by atoms with van der Waals surface area (Å²) in [4.78, 5) is 13.7. The van der Waals surface area contributed by atoms with E-state index in [4.69, 9.17) is 10.5 Å². The summed E-state index contributed by atoms with van der Waals surface area (Å²) in [7, 11) is -3.35. The number of anilines is 1. The molecule has 2 fully saturated rings. The fourth-order valence-electron chi connectivity index (χ4n) is 5.38. The van der Waals surface area contributed by atoms with Gasteiger partial charge in [0, 0.05) is 19.0 Å². The maximum absolute atomic E-state index is 12.5. The third-order valence-electron chi connectivity index (χ3n) is 7.55. The second kappa shape index (κ2) is 13.5. The highest BCUT2D eigenvalue weighted by Crippen LogP contribution is 2.30. The average Bonchev–Trinajstić information content (AvgIpc) is 2.86. The molecule has 2 aromatic carbocycles. The molecule has 0 unspecified atom stereocenters. The maximum Gasteiger partial charge on any atom is 0.232 e. The molecule has 1 saturated carbocycles. The fraction of sp³-hybridized carbons (Fsp3) is 0.536. The van der Waals surface area contributed by atoms with E-state index in [9.17, 15) is 13.2 Å². The van der Waals surface area contributed by atoms with Crippen molar-refractivity contribution in [1.82, 2.24) is 4.90 Å². The van der Waals surface area contributed by atoms with Gasteiger partial charge in [-0.1, -0.05) is 44.2 Å². The van der Waals surface area contributed by atoms with E-state index < -0.39 is 10.0 Å². The second-order valence-corrected chi connectivity index (χ2v) is 12.2. The maximum atomic E-state index is 12.5. The summed E-state index contributed by atoms with van der Waals surface area (Å²) >= 11 is 0. The minimum atomic E-state index is -3.35. The lowest BCUT2D eigenvalue weighted by Crippen LogP contribution is -2.38. The van der Waals surface area contributed by atoms with Crippen molar-refractivity contribution in [2.75, 3.05) is 30.2 Å². The minimum Gasteiger partial charge on any atom is -0.457 e. The molecule has 2 N–H and O–H groups in total. The van der Waals surface area contributed by atoms with Gasteiger partial charge in [-0.3, -0.25) is 14.0 Å². The fourth-order valence-corrected chi connectivity index (χ4v) is 6.32. The molecule has 2 aromatic rings. The molecule has 1 aliphatic carbocycles. The molecular formula is C28H40ClN3O4S. The summed E-state index contributed by atoms with van der Waals surface area (Å²) in [6.45, 7) is 3.11. The number of rotatable bonds is 10.